The van der Waals surface area contributed by atoms with Crippen LogP contribution in [-0.2, 0) is 0 Å². The van der Waals surface area contributed by atoms with Gasteiger partial charge in [-0.2, -0.15) is 5.10 Å². The number of hydrogen-bond acceptors (Lipinski definition) is 4. The smallest absolute Gasteiger partial charge is 0.266 e. The van der Waals surface area contributed by atoms with Crippen LogP contribution in [-0.4, -0.2) is 15.7 Å². The highest BCUT2D eigenvalue weighted by atomic mass is 35.5. The summed E-state index contributed by atoms with van der Waals surface area (Å²) in [6.07, 6.45) is 0. The number of carbonyl (C=O) groups is 1. The SMILES string of the molecule is Cc1ccc(-c2c(NC(=O)c3cccs3)n(-c3ccc(Cl)cc3)nc(C)c2=O)cc1. The van der Waals surface area contributed by atoms with Gasteiger partial charge in [0.25, 0.3) is 5.91 Å². The van der Waals surface area contributed by atoms with E-state index in [0.29, 0.717) is 38.2 Å². The van der Waals surface area contributed by atoms with E-state index in [2.05, 4.69) is 10.4 Å². The van der Waals surface area contributed by atoms with Gasteiger partial charge in [0.1, 0.15) is 11.5 Å². The van der Waals surface area contributed by atoms with Crippen LogP contribution in [0.4, 0.5) is 5.82 Å². The number of nitrogens with one attached hydrogen (secondary N) is 1. The first-order valence-corrected chi connectivity index (χ1v) is 10.5. The predicted molar refractivity (Wildman–Crippen MR) is 122 cm³/mol. The van der Waals surface area contributed by atoms with Crippen molar-refractivity contribution in [1.29, 1.82) is 0 Å². The fourth-order valence-electron chi connectivity index (χ4n) is 3.09. The maximum absolute atomic E-state index is 13.1. The maximum Gasteiger partial charge on any atom is 0.266 e. The van der Waals surface area contributed by atoms with Crippen molar-refractivity contribution in [1.82, 2.24) is 9.78 Å². The Hall–Kier alpha value is -3.22. The molecule has 2 aromatic carbocycles. The molecule has 1 amide bonds. The van der Waals surface area contributed by atoms with Crippen LogP contribution in [0.25, 0.3) is 16.8 Å². The van der Waals surface area contributed by atoms with Crippen molar-refractivity contribution in [3.8, 4) is 16.8 Å². The Kier molecular flexibility index (Phi) is 5.53. The molecule has 2 heterocycles. The van der Waals surface area contributed by atoms with E-state index in [9.17, 15) is 9.59 Å². The fraction of sp³-hybridized carbons (Fsp3) is 0.0870. The molecule has 0 aliphatic rings. The first-order chi connectivity index (χ1) is 14.4. The minimum absolute atomic E-state index is 0.231. The number of hydrogen-bond donors (Lipinski definition) is 1. The highest BCUT2D eigenvalue weighted by molar-refractivity contribution is 7.12. The summed E-state index contributed by atoms with van der Waals surface area (Å²) in [5, 5.41) is 9.79. The Bertz CT molecular complexity index is 1260. The first kappa shape index (κ1) is 20.1. The van der Waals surface area contributed by atoms with Crippen LogP contribution in [0.3, 0.4) is 0 Å². The molecule has 2 aromatic heterocycles. The molecule has 5 nitrogen and oxygen atoms in total. The van der Waals surface area contributed by atoms with Crippen LogP contribution < -0.4 is 10.7 Å². The van der Waals surface area contributed by atoms with E-state index in [1.165, 1.54) is 11.3 Å². The van der Waals surface area contributed by atoms with Crippen LogP contribution in [0.2, 0.25) is 5.02 Å². The molecule has 0 spiro atoms. The minimum Gasteiger partial charge on any atom is -0.305 e. The van der Waals surface area contributed by atoms with Gasteiger partial charge in [-0.15, -0.1) is 11.3 Å². The number of benzene rings is 2. The summed E-state index contributed by atoms with van der Waals surface area (Å²) in [5.74, 6) is 0.0151. The highest BCUT2D eigenvalue weighted by Gasteiger charge is 2.21. The van der Waals surface area contributed by atoms with Crippen molar-refractivity contribution in [2.75, 3.05) is 5.32 Å². The summed E-state index contributed by atoms with van der Waals surface area (Å²) in [4.78, 5) is 26.6. The standard InChI is InChI=1S/C23H18ClN3O2S/c1-14-5-7-16(8-6-14)20-21(28)15(2)26-27(18-11-9-17(24)10-12-18)22(20)25-23(29)19-4-3-13-30-19/h3-13H,1-2H3,(H,25,29). The van der Waals surface area contributed by atoms with Gasteiger partial charge in [-0.1, -0.05) is 47.5 Å². The molecular weight excluding hydrogens is 418 g/mol. The molecule has 0 fully saturated rings. The molecule has 4 aromatic rings. The summed E-state index contributed by atoms with van der Waals surface area (Å²) >= 11 is 7.37. The summed E-state index contributed by atoms with van der Waals surface area (Å²) in [6.45, 7) is 3.64. The molecular formula is C23H18ClN3O2S. The second-order valence-electron chi connectivity index (χ2n) is 6.82. The molecule has 30 heavy (non-hydrogen) atoms. The van der Waals surface area contributed by atoms with E-state index in [-0.39, 0.29) is 11.3 Å². The Balaban J connectivity index is 1.97. The van der Waals surface area contributed by atoms with Crippen LogP contribution in [0.1, 0.15) is 20.9 Å². The third-order valence-electron chi connectivity index (χ3n) is 4.64. The van der Waals surface area contributed by atoms with Gasteiger partial charge in [0.15, 0.2) is 0 Å². The Labute approximate surface area is 182 Å². The molecule has 0 atom stereocenters. The zero-order chi connectivity index (χ0) is 21.3. The van der Waals surface area contributed by atoms with Gasteiger partial charge in [-0.3, -0.25) is 9.59 Å². The van der Waals surface area contributed by atoms with Crippen LogP contribution in [0, 0.1) is 13.8 Å². The second-order valence-corrected chi connectivity index (χ2v) is 8.21. The number of rotatable bonds is 4. The summed E-state index contributed by atoms with van der Waals surface area (Å²) in [6, 6.07) is 18.2. The molecule has 150 valence electrons. The largest absolute Gasteiger partial charge is 0.305 e. The van der Waals surface area contributed by atoms with Gasteiger partial charge >= 0.3 is 0 Å². The zero-order valence-corrected chi connectivity index (χ0v) is 17.9. The number of halogens is 1. The van der Waals surface area contributed by atoms with E-state index in [1.807, 2.05) is 36.6 Å². The van der Waals surface area contributed by atoms with Crippen molar-refractivity contribution < 1.29 is 4.79 Å². The Morgan fingerprint density at radius 3 is 2.37 bits per heavy atom. The van der Waals surface area contributed by atoms with Crippen LogP contribution in [0.15, 0.2) is 70.8 Å². The number of aryl methyl sites for hydroxylation is 2. The number of amides is 1. The van der Waals surface area contributed by atoms with E-state index < -0.39 is 0 Å². The van der Waals surface area contributed by atoms with E-state index >= 15 is 0 Å². The van der Waals surface area contributed by atoms with Gasteiger partial charge in [-0.05, 0) is 55.1 Å². The number of thiophene rings is 1. The van der Waals surface area contributed by atoms with Crippen molar-refractivity contribution >= 4 is 34.7 Å². The van der Waals surface area contributed by atoms with Gasteiger partial charge in [0, 0.05) is 5.02 Å². The van der Waals surface area contributed by atoms with Crippen molar-refractivity contribution in [2.45, 2.75) is 13.8 Å². The quantitative estimate of drug-likeness (QED) is 0.461. The molecule has 0 saturated heterocycles. The molecule has 0 saturated carbocycles. The first-order valence-electron chi connectivity index (χ1n) is 9.26. The fourth-order valence-corrected chi connectivity index (χ4v) is 3.83. The van der Waals surface area contributed by atoms with Crippen molar-refractivity contribution in [3.05, 3.63) is 97.4 Å². The summed E-state index contributed by atoms with van der Waals surface area (Å²) < 4.78 is 1.58. The zero-order valence-electron chi connectivity index (χ0n) is 16.3. The lowest BCUT2D eigenvalue weighted by molar-refractivity contribution is 0.102. The maximum atomic E-state index is 13.1. The average molecular weight is 436 g/mol. The molecule has 0 radical (unpaired) electrons. The number of carbonyl (C=O) groups excluding carboxylic acids is 1. The van der Waals surface area contributed by atoms with Crippen molar-refractivity contribution in [2.24, 2.45) is 0 Å². The third-order valence-corrected chi connectivity index (χ3v) is 5.76. The van der Waals surface area contributed by atoms with E-state index in [1.54, 1.807) is 48.0 Å². The van der Waals surface area contributed by atoms with Gasteiger partial charge < -0.3 is 5.32 Å². The monoisotopic (exact) mass is 435 g/mol. The summed E-state index contributed by atoms with van der Waals surface area (Å²) in [5.41, 5.74) is 2.95. The van der Waals surface area contributed by atoms with Crippen molar-refractivity contribution in [3.63, 3.8) is 0 Å². The molecule has 1 N–H and O–H groups in total. The lowest BCUT2D eigenvalue weighted by atomic mass is 10.0. The lowest BCUT2D eigenvalue weighted by Gasteiger charge is -2.18. The number of nitrogens with zero attached hydrogens (tertiary/aromatic N) is 2. The predicted octanol–water partition coefficient (Wildman–Crippen LogP) is 5.48. The molecule has 0 aliphatic carbocycles. The number of aromatic nitrogens is 2. The molecule has 0 aliphatic heterocycles. The Morgan fingerprint density at radius 1 is 1.03 bits per heavy atom. The van der Waals surface area contributed by atoms with Gasteiger partial charge in [0.2, 0.25) is 5.43 Å². The molecule has 7 heteroatoms. The van der Waals surface area contributed by atoms with E-state index in [0.717, 1.165) is 5.56 Å². The molecule has 0 bridgehead atoms. The Morgan fingerprint density at radius 2 is 1.73 bits per heavy atom. The van der Waals surface area contributed by atoms with Crippen LogP contribution in [0.5, 0.6) is 0 Å². The van der Waals surface area contributed by atoms with Gasteiger partial charge in [-0.25, -0.2) is 4.68 Å². The highest BCUT2D eigenvalue weighted by Crippen LogP contribution is 2.28. The second kappa shape index (κ2) is 8.26. The normalized spacial score (nSPS) is 10.8. The molecule has 0 unspecified atom stereocenters. The van der Waals surface area contributed by atoms with Gasteiger partial charge in [0.05, 0.1) is 16.1 Å². The molecule has 4 rings (SSSR count). The number of anilines is 1. The minimum atomic E-state index is -0.300. The third kappa shape index (κ3) is 3.92. The summed E-state index contributed by atoms with van der Waals surface area (Å²) in [7, 11) is 0. The topological polar surface area (TPSA) is 64.0 Å². The van der Waals surface area contributed by atoms with E-state index in [4.69, 9.17) is 11.6 Å². The van der Waals surface area contributed by atoms with Crippen LogP contribution >= 0.6 is 22.9 Å². The lowest BCUT2D eigenvalue weighted by Crippen LogP contribution is -2.24. The average Bonchev–Trinajstić information content (AvgIpc) is 3.28.